The van der Waals surface area contributed by atoms with E-state index in [1.165, 1.54) is 13.2 Å². The fraction of sp³-hybridized carbons (Fsp3) is 0.143. The van der Waals surface area contributed by atoms with E-state index >= 15 is 0 Å². The van der Waals surface area contributed by atoms with Crippen LogP contribution in [0.1, 0.15) is 5.56 Å². The Balaban J connectivity index is 2.05. The van der Waals surface area contributed by atoms with Gasteiger partial charge in [-0.15, -0.1) is 0 Å². The van der Waals surface area contributed by atoms with Crippen LogP contribution in [0.25, 0.3) is 0 Å². The van der Waals surface area contributed by atoms with E-state index in [1.54, 1.807) is 24.3 Å². The molecule has 0 radical (unpaired) electrons. The maximum atomic E-state index is 13.3. The van der Waals surface area contributed by atoms with Crippen molar-refractivity contribution in [3.8, 4) is 11.5 Å². The second-order valence-corrected chi connectivity index (χ2v) is 4.84. The fourth-order valence-electron chi connectivity index (χ4n) is 1.66. The van der Waals surface area contributed by atoms with E-state index in [1.807, 2.05) is 6.07 Å². The zero-order valence-corrected chi connectivity index (χ0v) is 11.9. The molecule has 2 aromatic rings. The number of phenolic OH excluding ortho intramolecular Hbond substituents is 1. The molecule has 0 unspecified atom stereocenters. The van der Waals surface area contributed by atoms with Gasteiger partial charge >= 0.3 is 0 Å². The molecule has 0 aromatic heterocycles. The number of phenols is 1. The van der Waals surface area contributed by atoms with Crippen LogP contribution in [0.2, 0.25) is 0 Å². The molecule has 3 nitrogen and oxygen atoms in total. The molecule has 0 heterocycles. The number of anilines is 1. The molecule has 0 aliphatic heterocycles. The fourth-order valence-corrected chi connectivity index (χ4v) is 1.90. The van der Waals surface area contributed by atoms with E-state index < -0.39 is 0 Å². The molecule has 0 fully saturated rings. The average Bonchev–Trinajstić information content (AvgIpc) is 2.40. The summed E-state index contributed by atoms with van der Waals surface area (Å²) in [6.07, 6.45) is 0. The SMILES string of the molecule is COc1ccc(CNc2ccc(Br)c(F)c2)cc1O. The number of aromatic hydroxyl groups is 1. The predicted octanol–water partition coefficient (Wildman–Crippen LogP) is 3.91. The van der Waals surface area contributed by atoms with Crippen molar-refractivity contribution >= 4 is 21.6 Å². The third-order valence-electron chi connectivity index (χ3n) is 2.66. The molecule has 0 atom stereocenters. The van der Waals surface area contributed by atoms with Gasteiger partial charge in [0.2, 0.25) is 0 Å². The van der Waals surface area contributed by atoms with Crippen LogP contribution in [0.5, 0.6) is 11.5 Å². The second-order valence-electron chi connectivity index (χ2n) is 3.99. The Morgan fingerprint density at radius 1 is 1.26 bits per heavy atom. The van der Waals surface area contributed by atoms with Gasteiger partial charge in [0.05, 0.1) is 11.6 Å². The lowest BCUT2D eigenvalue weighted by molar-refractivity contribution is 0.373. The number of hydrogen-bond acceptors (Lipinski definition) is 3. The molecule has 2 N–H and O–H groups in total. The van der Waals surface area contributed by atoms with Crippen molar-refractivity contribution in [2.75, 3.05) is 12.4 Å². The number of methoxy groups -OCH3 is 1. The maximum Gasteiger partial charge on any atom is 0.160 e. The predicted molar refractivity (Wildman–Crippen MR) is 76.1 cm³/mol. The summed E-state index contributed by atoms with van der Waals surface area (Å²) in [6, 6.07) is 9.96. The molecule has 19 heavy (non-hydrogen) atoms. The lowest BCUT2D eigenvalue weighted by Crippen LogP contribution is -2.00. The zero-order valence-electron chi connectivity index (χ0n) is 10.3. The molecular formula is C14H13BrFNO2. The van der Waals surface area contributed by atoms with Gasteiger partial charge in [0.1, 0.15) is 5.82 Å². The molecule has 100 valence electrons. The Morgan fingerprint density at radius 2 is 2.05 bits per heavy atom. The summed E-state index contributed by atoms with van der Waals surface area (Å²) < 4.78 is 18.7. The minimum absolute atomic E-state index is 0.0868. The molecular weight excluding hydrogens is 313 g/mol. The van der Waals surface area contributed by atoms with E-state index in [4.69, 9.17) is 4.74 Å². The standard InChI is InChI=1S/C14H13BrFNO2/c1-19-14-5-2-9(6-13(14)18)8-17-10-3-4-11(15)12(16)7-10/h2-7,17-18H,8H2,1H3. The molecule has 5 heteroatoms. The number of rotatable bonds is 4. The summed E-state index contributed by atoms with van der Waals surface area (Å²) >= 11 is 3.10. The van der Waals surface area contributed by atoms with Crippen molar-refractivity contribution in [2.45, 2.75) is 6.54 Å². The summed E-state index contributed by atoms with van der Waals surface area (Å²) in [6.45, 7) is 0.485. The van der Waals surface area contributed by atoms with Crippen LogP contribution in [-0.4, -0.2) is 12.2 Å². The molecule has 2 rings (SSSR count). The third-order valence-corrected chi connectivity index (χ3v) is 3.30. The van der Waals surface area contributed by atoms with Gasteiger partial charge in [0.25, 0.3) is 0 Å². The van der Waals surface area contributed by atoms with Crippen LogP contribution in [0.3, 0.4) is 0 Å². The first-order valence-corrected chi connectivity index (χ1v) is 6.44. The molecule has 2 aromatic carbocycles. The highest BCUT2D eigenvalue weighted by Crippen LogP contribution is 2.26. The molecule has 0 aliphatic rings. The first kappa shape index (κ1) is 13.7. The number of nitrogens with one attached hydrogen (secondary N) is 1. The maximum absolute atomic E-state index is 13.3. The summed E-state index contributed by atoms with van der Waals surface area (Å²) in [5.41, 5.74) is 1.55. The lowest BCUT2D eigenvalue weighted by atomic mass is 10.2. The molecule has 0 bridgehead atoms. The number of ether oxygens (including phenoxy) is 1. The Kier molecular flexibility index (Phi) is 4.27. The third kappa shape index (κ3) is 3.38. The molecule has 0 spiro atoms. The highest BCUT2D eigenvalue weighted by atomic mass is 79.9. The van der Waals surface area contributed by atoms with E-state index in [-0.39, 0.29) is 11.6 Å². The monoisotopic (exact) mass is 325 g/mol. The quantitative estimate of drug-likeness (QED) is 0.895. The highest BCUT2D eigenvalue weighted by Gasteiger charge is 2.03. The van der Waals surface area contributed by atoms with Crippen molar-refractivity contribution in [1.82, 2.24) is 0 Å². The molecule has 0 amide bonds. The van der Waals surface area contributed by atoms with Crippen molar-refractivity contribution in [3.63, 3.8) is 0 Å². The first-order valence-electron chi connectivity index (χ1n) is 5.65. The van der Waals surface area contributed by atoms with E-state index in [2.05, 4.69) is 21.2 Å². The minimum Gasteiger partial charge on any atom is -0.504 e. The Labute approximate surface area is 119 Å². The molecule has 0 saturated carbocycles. The summed E-state index contributed by atoms with van der Waals surface area (Å²) in [5, 5.41) is 12.7. The van der Waals surface area contributed by atoms with Crippen molar-refractivity contribution in [2.24, 2.45) is 0 Å². The van der Waals surface area contributed by atoms with Crippen LogP contribution in [0, 0.1) is 5.82 Å². The average molecular weight is 326 g/mol. The van der Waals surface area contributed by atoms with Crippen LogP contribution in [-0.2, 0) is 6.54 Å². The van der Waals surface area contributed by atoms with Gasteiger partial charge in [0.15, 0.2) is 11.5 Å². The van der Waals surface area contributed by atoms with E-state index in [0.717, 1.165) is 5.56 Å². The summed E-state index contributed by atoms with van der Waals surface area (Å²) in [7, 11) is 1.50. The minimum atomic E-state index is -0.317. The molecule has 0 saturated heterocycles. The second kappa shape index (κ2) is 5.93. The van der Waals surface area contributed by atoms with Crippen LogP contribution in [0.4, 0.5) is 10.1 Å². The van der Waals surface area contributed by atoms with Gasteiger partial charge in [-0.1, -0.05) is 6.07 Å². The smallest absolute Gasteiger partial charge is 0.160 e. The molecule has 0 aliphatic carbocycles. The Hall–Kier alpha value is -1.75. The zero-order chi connectivity index (χ0) is 13.8. The lowest BCUT2D eigenvalue weighted by Gasteiger charge is -2.09. The van der Waals surface area contributed by atoms with Crippen LogP contribution < -0.4 is 10.1 Å². The van der Waals surface area contributed by atoms with Gasteiger partial charge in [-0.05, 0) is 51.8 Å². The van der Waals surface area contributed by atoms with E-state index in [0.29, 0.717) is 22.5 Å². The summed E-state index contributed by atoms with van der Waals surface area (Å²) in [4.78, 5) is 0. The Bertz CT molecular complexity index is 590. The van der Waals surface area contributed by atoms with E-state index in [9.17, 15) is 9.50 Å². The number of benzene rings is 2. The Morgan fingerprint density at radius 3 is 2.68 bits per heavy atom. The number of hydrogen-bond donors (Lipinski definition) is 2. The van der Waals surface area contributed by atoms with Gasteiger partial charge in [0, 0.05) is 12.2 Å². The van der Waals surface area contributed by atoms with Crippen LogP contribution >= 0.6 is 15.9 Å². The normalized spacial score (nSPS) is 10.3. The highest BCUT2D eigenvalue weighted by molar-refractivity contribution is 9.10. The number of halogens is 2. The van der Waals surface area contributed by atoms with Gasteiger partial charge in [-0.25, -0.2) is 4.39 Å². The largest absolute Gasteiger partial charge is 0.504 e. The first-order chi connectivity index (χ1) is 9.10. The summed E-state index contributed by atoms with van der Waals surface area (Å²) in [5.74, 6) is 0.199. The van der Waals surface area contributed by atoms with Gasteiger partial charge < -0.3 is 15.2 Å². The van der Waals surface area contributed by atoms with Crippen LogP contribution in [0.15, 0.2) is 40.9 Å². The topological polar surface area (TPSA) is 41.5 Å². The van der Waals surface area contributed by atoms with Crippen molar-refractivity contribution in [1.29, 1.82) is 0 Å². The van der Waals surface area contributed by atoms with Crippen molar-refractivity contribution in [3.05, 3.63) is 52.3 Å². The van der Waals surface area contributed by atoms with Gasteiger partial charge in [-0.3, -0.25) is 0 Å². The van der Waals surface area contributed by atoms with Gasteiger partial charge in [-0.2, -0.15) is 0 Å². The van der Waals surface area contributed by atoms with Crippen molar-refractivity contribution < 1.29 is 14.2 Å².